The molecule has 2 amide bonds. The molecular formula is C38H46N2O4S. The molecule has 2 N–H and O–H groups in total. The molecule has 0 aliphatic heterocycles. The summed E-state index contributed by atoms with van der Waals surface area (Å²) in [6, 6.07) is 16.2. The summed E-state index contributed by atoms with van der Waals surface area (Å²) in [6.45, 7) is 15.4. The van der Waals surface area contributed by atoms with Gasteiger partial charge in [-0.25, -0.2) is 4.79 Å². The van der Waals surface area contributed by atoms with Gasteiger partial charge in [0.25, 0.3) is 5.91 Å². The van der Waals surface area contributed by atoms with Crippen LogP contribution in [0.2, 0.25) is 0 Å². The molecule has 2 aromatic carbocycles. The maximum atomic E-state index is 13.4. The molecule has 0 spiro atoms. The molecule has 0 bridgehead atoms. The van der Waals surface area contributed by atoms with Crippen LogP contribution >= 0.6 is 11.3 Å². The van der Waals surface area contributed by atoms with Crippen LogP contribution in [0.4, 0.5) is 5.00 Å². The smallest absolute Gasteiger partial charge is 0.330 e. The zero-order valence-electron chi connectivity index (χ0n) is 27.6. The van der Waals surface area contributed by atoms with Gasteiger partial charge in [-0.1, -0.05) is 97.0 Å². The van der Waals surface area contributed by atoms with E-state index in [0.717, 1.165) is 40.8 Å². The highest BCUT2D eigenvalue weighted by molar-refractivity contribution is 7.17. The number of thiophene rings is 1. The van der Waals surface area contributed by atoms with Gasteiger partial charge in [-0.3, -0.25) is 9.59 Å². The minimum Gasteiger partial charge on any atom is -0.461 e. The third kappa shape index (κ3) is 9.51. The standard InChI is InChI=1S/C38H46N2O4S/c1-25-8-19-30-31(24-25)45-36(40-32(41)20-13-26-9-15-28(16-10-26)37(2,3)4)34(30)35(43)39-22-23-44-33(42)21-14-27-11-17-29(18-12-27)38(5,6)7/h9-18,20-21,25H,8,19,22-24H2,1-7H3,(H,39,43)(H,40,41)/b20-13+,21-14+. The van der Waals surface area contributed by atoms with Gasteiger partial charge in [0.1, 0.15) is 11.6 Å². The number of hydrogen-bond donors (Lipinski definition) is 2. The van der Waals surface area contributed by atoms with E-state index in [1.165, 1.54) is 34.6 Å². The van der Waals surface area contributed by atoms with Crippen molar-refractivity contribution in [3.05, 3.63) is 98.9 Å². The van der Waals surface area contributed by atoms with Crippen molar-refractivity contribution in [2.45, 2.75) is 78.6 Å². The predicted octanol–water partition coefficient (Wildman–Crippen LogP) is 8.11. The van der Waals surface area contributed by atoms with Gasteiger partial charge < -0.3 is 15.4 Å². The summed E-state index contributed by atoms with van der Waals surface area (Å²) in [5.74, 6) is -0.511. The van der Waals surface area contributed by atoms with Crippen LogP contribution < -0.4 is 10.6 Å². The molecule has 4 rings (SSSR count). The molecule has 1 atom stereocenters. The summed E-state index contributed by atoms with van der Waals surface area (Å²) in [6.07, 6.45) is 9.06. The second-order valence-electron chi connectivity index (χ2n) is 13.9. The van der Waals surface area contributed by atoms with E-state index in [1.54, 1.807) is 12.2 Å². The van der Waals surface area contributed by atoms with E-state index >= 15 is 0 Å². The fourth-order valence-electron chi connectivity index (χ4n) is 5.21. The number of carbonyl (C=O) groups is 3. The number of amides is 2. The van der Waals surface area contributed by atoms with Crippen molar-refractivity contribution in [1.29, 1.82) is 0 Å². The molecule has 1 aliphatic rings. The largest absolute Gasteiger partial charge is 0.461 e. The molecule has 6 nitrogen and oxygen atoms in total. The Morgan fingerprint density at radius 2 is 1.42 bits per heavy atom. The number of benzene rings is 2. The second kappa shape index (κ2) is 14.4. The Balaban J connectivity index is 1.34. The zero-order valence-corrected chi connectivity index (χ0v) is 28.4. The summed E-state index contributed by atoms with van der Waals surface area (Å²) < 4.78 is 5.31. The fraction of sp³-hybridized carbons (Fsp3) is 0.395. The van der Waals surface area contributed by atoms with Crippen molar-refractivity contribution >= 4 is 46.3 Å². The van der Waals surface area contributed by atoms with Crippen LogP contribution in [0.3, 0.4) is 0 Å². The van der Waals surface area contributed by atoms with Gasteiger partial charge in [0.2, 0.25) is 5.91 Å². The van der Waals surface area contributed by atoms with Gasteiger partial charge in [-0.2, -0.15) is 0 Å². The van der Waals surface area contributed by atoms with Gasteiger partial charge in [-0.05, 0) is 76.0 Å². The highest BCUT2D eigenvalue weighted by Gasteiger charge is 2.28. The van der Waals surface area contributed by atoms with E-state index in [-0.39, 0.29) is 35.8 Å². The van der Waals surface area contributed by atoms with Crippen LogP contribution in [0.5, 0.6) is 0 Å². The van der Waals surface area contributed by atoms with Crippen LogP contribution in [0.1, 0.15) is 97.9 Å². The highest BCUT2D eigenvalue weighted by atomic mass is 32.1. The summed E-state index contributed by atoms with van der Waals surface area (Å²) in [4.78, 5) is 39.7. The van der Waals surface area contributed by atoms with Crippen molar-refractivity contribution in [1.82, 2.24) is 5.32 Å². The zero-order chi connectivity index (χ0) is 32.8. The van der Waals surface area contributed by atoms with Gasteiger partial charge in [-0.15, -0.1) is 11.3 Å². The Morgan fingerprint density at radius 3 is 1.98 bits per heavy atom. The van der Waals surface area contributed by atoms with Gasteiger partial charge >= 0.3 is 5.97 Å². The van der Waals surface area contributed by atoms with Crippen LogP contribution in [-0.4, -0.2) is 30.9 Å². The fourth-order valence-corrected chi connectivity index (χ4v) is 6.62. The molecule has 0 saturated heterocycles. The Hall–Kier alpha value is -3.97. The Kier molecular flexibility index (Phi) is 10.9. The average molecular weight is 627 g/mol. The highest BCUT2D eigenvalue weighted by Crippen LogP contribution is 2.39. The first-order chi connectivity index (χ1) is 21.2. The van der Waals surface area contributed by atoms with E-state index in [1.807, 2.05) is 24.3 Å². The lowest BCUT2D eigenvalue weighted by Crippen LogP contribution is -2.29. The first kappa shape index (κ1) is 33.9. The molecule has 7 heteroatoms. The normalized spacial score (nSPS) is 15.2. The Bertz CT molecular complexity index is 1570. The van der Waals surface area contributed by atoms with E-state index in [2.05, 4.69) is 83.4 Å². The minimum absolute atomic E-state index is 0.0413. The molecule has 238 valence electrons. The monoisotopic (exact) mass is 626 g/mol. The molecule has 0 fully saturated rings. The lowest BCUT2D eigenvalue weighted by Gasteiger charge is -2.18. The number of esters is 1. The number of ether oxygens (including phenoxy) is 1. The second-order valence-corrected chi connectivity index (χ2v) is 15.0. The van der Waals surface area contributed by atoms with Gasteiger partial charge in [0, 0.05) is 17.0 Å². The lowest BCUT2D eigenvalue weighted by atomic mass is 9.87. The molecule has 0 radical (unpaired) electrons. The third-order valence-corrected chi connectivity index (χ3v) is 9.17. The van der Waals surface area contributed by atoms with E-state index in [9.17, 15) is 14.4 Å². The maximum Gasteiger partial charge on any atom is 0.330 e. The summed E-state index contributed by atoms with van der Waals surface area (Å²) >= 11 is 1.48. The van der Waals surface area contributed by atoms with Crippen molar-refractivity contribution < 1.29 is 19.1 Å². The first-order valence-corrected chi connectivity index (χ1v) is 16.5. The average Bonchev–Trinajstić information content (AvgIpc) is 3.33. The quantitative estimate of drug-likeness (QED) is 0.143. The molecule has 0 saturated carbocycles. The van der Waals surface area contributed by atoms with Crippen LogP contribution in [-0.2, 0) is 38.0 Å². The molecular weight excluding hydrogens is 580 g/mol. The number of carbonyl (C=O) groups excluding carboxylic acids is 3. The van der Waals surface area contributed by atoms with Crippen molar-refractivity contribution in [2.24, 2.45) is 5.92 Å². The SMILES string of the molecule is CC1CCc2c(sc(NC(=O)/C=C/c3ccc(C(C)(C)C)cc3)c2C(=O)NCCOC(=O)/C=C/c2ccc(C(C)(C)C)cc2)C1. The van der Waals surface area contributed by atoms with Crippen molar-refractivity contribution in [2.75, 3.05) is 18.5 Å². The molecule has 3 aromatic rings. The number of hydrogen-bond acceptors (Lipinski definition) is 5. The summed E-state index contributed by atoms with van der Waals surface area (Å²) in [7, 11) is 0. The van der Waals surface area contributed by atoms with Gasteiger partial charge in [0.15, 0.2) is 0 Å². The van der Waals surface area contributed by atoms with Crippen molar-refractivity contribution in [3.8, 4) is 0 Å². The Labute approximate surface area is 272 Å². The molecule has 45 heavy (non-hydrogen) atoms. The Morgan fingerprint density at radius 1 is 0.867 bits per heavy atom. The topological polar surface area (TPSA) is 84.5 Å². The number of nitrogens with one attached hydrogen (secondary N) is 2. The molecule has 1 unspecified atom stereocenters. The summed E-state index contributed by atoms with van der Waals surface area (Å²) in [5, 5.41) is 6.40. The van der Waals surface area contributed by atoms with Crippen LogP contribution in [0, 0.1) is 5.92 Å². The molecule has 1 aromatic heterocycles. The number of fused-ring (bicyclic) bond motifs is 1. The number of anilines is 1. The van der Waals surface area contributed by atoms with Gasteiger partial charge in [0.05, 0.1) is 12.1 Å². The van der Waals surface area contributed by atoms with E-state index in [4.69, 9.17) is 4.74 Å². The van der Waals surface area contributed by atoms with Crippen LogP contribution in [0.15, 0.2) is 60.7 Å². The lowest BCUT2D eigenvalue weighted by molar-refractivity contribution is -0.137. The third-order valence-electron chi connectivity index (χ3n) is 8.00. The maximum absolute atomic E-state index is 13.4. The minimum atomic E-state index is -0.473. The molecule has 1 aliphatic carbocycles. The predicted molar refractivity (Wildman–Crippen MR) is 186 cm³/mol. The number of rotatable bonds is 9. The van der Waals surface area contributed by atoms with E-state index < -0.39 is 5.97 Å². The molecule has 1 heterocycles. The van der Waals surface area contributed by atoms with Crippen molar-refractivity contribution in [3.63, 3.8) is 0 Å². The van der Waals surface area contributed by atoms with Crippen LogP contribution in [0.25, 0.3) is 12.2 Å². The summed E-state index contributed by atoms with van der Waals surface area (Å²) in [5.41, 5.74) is 5.94. The first-order valence-electron chi connectivity index (χ1n) is 15.7. The van der Waals surface area contributed by atoms with E-state index in [0.29, 0.717) is 16.5 Å².